The predicted molar refractivity (Wildman–Crippen MR) is 100 cm³/mol. The Kier molecular flexibility index (Phi) is 6.59. The van der Waals surface area contributed by atoms with Crippen molar-refractivity contribution in [3.63, 3.8) is 0 Å². The van der Waals surface area contributed by atoms with Crippen molar-refractivity contribution in [2.24, 2.45) is 17.6 Å². The molecule has 2 amide bonds. The first-order chi connectivity index (χ1) is 11.8. The van der Waals surface area contributed by atoms with E-state index < -0.39 is 5.54 Å². The number of nitrogens with zero attached hydrogens (tertiary/aromatic N) is 1. The van der Waals surface area contributed by atoms with Gasteiger partial charge in [0.25, 0.3) is 5.91 Å². The highest BCUT2D eigenvalue weighted by Crippen LogP contribution is 2.21. The second-order valence-corrected chi connectivity index (χ2v) is 7.81. The summed E-state index contributed by atoms with van der Waals surface area (Å²) < 4.78 is 0. The van der Waals surface area contributed by atoms with Gasteiger partial charge in [0.1, 0.15) is 0 Å². The van der Waals surface area contributed by atoms with E-state index in [1.54, 1.807) is 4.90 Å². The first-order valence-corrected chi connectivity index (χ1v) is 9.21. The fourth-order valence-electron chi connectivity index (χ4n) is 3.62. The van der Waals surface area contributed by atoms with Crippen LogP contribution in [0, 0.1) is 11.8 Å². The van der Waals surface area contributed by atoms with Crippen LogP contribution < -0.4 is 11.1 Å². The number of piperidine rings is 1. The summed E-state index contributed by atoms with van der Waals surface area (Å²) in [5.74, 6) is 0.303. The summed E-state index contributed by atoms with van der Waals surface area (Å²) in [7, 11) is 0. The maximum atomic E-state index is 12.8. The molecule has 25 heavy (non-hydrogen) atoms. The molecule has 1 heterocycles. The Balaban J connectivity index is 2.00. The van der Waals surface area contributed by atoms with Crippen LogP contribution in [0.3, 0.4) is 0 Å². The summed E-state index contributed by atoms with van der Waals surface area (Å²) in [6.07, 6.45) is 2.50. The van der Waals surface area contributed by atoms with Gasteiger partial charge in [-0.15, -0.1) is 0 Å². The molecule has 5 nitrogen and oxygen atoms in total. The zero-order valence-corrected chi connectivity index (χ0v) is 15.6. The van der Waals surface area contributed by atoms with Gasteiger partial charge in [-0.3, -0.25) is 9.59 Å². The number of likely N-dealkylation sites (tertiary alicyclic amines) is 1. The van der Waals surface area contributed by atoms with Gasteiger partial charge in [0.05, 0.1) is 5.92 Å². The highest BCUT2D eigenvalue weighted by atomic mass is 16.2. The molecule has 1 saturated heterocycles. The first kappa shape index (κ1) is 19.4. The molecule has 1 aliphatic rings. The topological polar surface area (TPSA) is 75.4 Å². The van der Waals surface area contributed by atoms with Gasteiger partial charge in [0, 0.05) is 30.7 Å². The summed E-state index contributed by atoms with van der Waals surface area (Å²) in [6, 6.07) is 9.26. The second-order valence-electron chi connectivity index (χ2n) is 7.81. The van der Waals surface area contributed by atoms with Gasteiger partial charge in [0.2, 0.25) is 5.91 Å². The van der Waals surface area contributed by atoms with Crippen LogP contribution in [0.1, 0.15) is 50.4 Å². The maximum Gasteiger partial charge on any atom is 0.253 e. The molecule has 1 aromatic carbocycles. The quantitative estimate of drug-likeness (QED) is 0.831. The van der Waals surface area contributed by atoms with Crippen molar-refractivity contribution < 1.29 is 9.59 Å². The third kappa shape index (κ3) is 5.30. The van der Waals surface area contributed by atoms with Gasteiger partial charge in [0.15, 0.2) is 0 Å². The molecule has 1 aliphatic heterocycles. The van der Waals surface area contributed by atoms with E-state index in [4.69, 9.17) is 5.73 Å². The van der Waals surface area contributed by atoms with E-state index in [0.717, 1.165) is 19.3 Å². The Morgan fingerprint density at radius 2 is 2.00 bits per heavy atom. The number of carbonyl (C=O) groups is 2. The summed E-state index contributed by atoms with van der Waals surface area (Å²) in [5.41, 5.74) is 6.19. The maximum absolute atomic E-state index is 12.8. The molecule has 1 fully saturated rings. The zero-order chi connectivity index (χ0) is 18.4. The number of benzene rings is 1. The van der Waals surface area contributed by atoms with E-state index in [-0.39, 0.29) is 17.7 Å². The molecule has 138 valence electrons. The lowest BCUT2D eigenvalue weighted by molar-refractivity contribution is -0.128. The molecule has 2 atom stereocenters. The largest absolute Gasteiger partial charge is 0.349 e. The normalized spacial score (nSPS) is 20.2. The lowest BCUT2D eigenvalue weighted by Crippen LogP contribution is -2.55. The molecular weight excluding hydrogens is 314 g/mol. The highest BCUT2D eigenvalue weighted by Gasteiger charge is 2.33. The number of nitrogens with one attached hydrogen (secondary N) is 1. The van der Waals surface area contributed by atoms with Crippen LogP contribution in [-0.2, 0) is 4.79 Å². The van der Waals surface area contributed by atoms with Crippen LogP contribution in [0.5, 0.6) is 0 Å². The number of carbonyl (C=O) groups excluding carboxylic acids is 2. The van der Waals surface area contributed by atoms with Crippen LogP contribution in [0.4, 0.5) is 0 Å². The van der Waals surface area contributed by atoms with E-state index in [0.29, 0.717) is 31.1 Å². The lowest BCUT2D eigenvalue weighted by Gasteiger charge is -2.36. The van der Waals surface area contributed by atoms with Crippen LogP contribution >= 0.6 is 0 Å². The minimum Gasteiger partial charge on any atom is -0.349 e. The van der Waals surface area contributed by atoms with Crippen LogP contribution in [-0.4, -0.2) is 41.9 Å². The fourth-order valence-corrected chi connectivity index (χ4v) is 3.62. The van der Waals surface area contributed by atoms with Crippen molar-refractivity contribution in [3.8, 4) is 0 Å². The van der Waals surface area contributed by atoms with Gasteiger partial charge in [-0.25, -0.2) is 0 Å². The number of rotatable bonds is 6. The minimum atomic E-state index is -0.392. The van der Waals surface area contributed by atoms with Crippen molar-refractivity contribution in [2.45, 2.75) is 45.6 Å². The number of nitrogens with two attached hydrogens (primary N) is 1. The Labute approximate surface area is 151 Å². The Hall–Kier alpha value is -1.88. The van der Waals surface area contributed by atoms with Crippen LogP contribution in [0.25, 0.3) is 0 Å². The molecule has 0 saturated carbocycles. The van der Waals surface area contributed by atoms with Crippen molar-refractivity contribution in [1.29, 1.82) is 0 Å². The minimum absolute atomic E-state index is 0.00173. The van der Waals surface area contributed by atoms with Crippen molar-refractivity contribution >= 4 is 11.8 Å². The standard InChI is InChI=1S/C20H31N3O2/c1-15(2)12-20(3,14-21)22-18(24)17-10-7-11-23(13-17)19(25)16-8-5-4-6-9-16/h4-6,8-9,15,17H,7,10-14,21H2,1-3H3,(H,22,24). The van der Waals surface area contributed by atoms with Gasteiger partial charge in [-0.1, -0.05) is 32.0 Å². The summed E-state index contributed by atoms with van der Waals surface area (Å²) >= 11 is 0. The number of amides is 2. The molecule has 0 aliphatic carbocycles. The molecule has 0 bridgehead atoms. The first-order valence-electron chi connectivity index (χ1n) is 9.21. The van der Waals surface area contributed by atoms with Gasteiger partial charge < -0.3 is 16.0 Å². The number of hydrogen-bond donors (Lipinski definition) is 2. The second kappa shape index (κ2) is 8.48. The average Bonchev–Trinajstić information content (AvgIpc) is 2.61. The highest BCUT2D eigenvalue weighted by molar-refractivity contribution is 5.94. The molecule has 0 aromatic heterocycles. The molecule has 3 N–H and O–H groups in total. The van der Waals surface area contributed by atoms with Crippen molar-refractivity contribution in [1.82, 2.24) is 10.2 Å². The third-order valence-corrected chi connectivity index (χ3v) is 4.83. The van der Waals surface area contributed by atoms with Crippen molar-refractivity contribution in [3.05, 3.63) is 35.9 Å². The molecule has 5 heteroatoms. The van der Waals surface area contributed by atoms with Gasteiger partial charge in [-0.05, 0) is 44.2 Å². The van der Waals surface area contributed by atoms with Gasteiger partial charge >= 0.3 is 0 Å². The zero-order valence-electron chi connectivity index (χ0n) is 15.6. The molecule has 0 spiro atoms. The van der Waals surface area contributed by atoms with E-state index in [1.807, 2.05) is 37.3 Å². The monoisotopic (exact) mass is 345 g/mol. The smallest absolute Gasteiger partial charge is 0.253 e. The summed E-state index contributed by atoms with van der Waals surface area (Å²) in [4.78, 5) is 27.2. The molecule has 2 rings (SSSR count). The molecular formula is C20H31N3O2. The van der Waals surface area contributed by atoms with Crippen LogP contribution in [0.15, 0.2) is 30.3 Å². The Morgan fingerprint density at radius 3 is 2.60 bits per heavy atom. The average molecular weight is 345 g/mol. The molecule has 0 radical (unpaired) electrons. The fraction of sp³-hybridized carbons (Fsp3) is 0.600. The molecule has 1 aromatic rings. The predicted octanol–water partition coefficient (Wildman–Crippen LogP) is 2.42. The van der Waals surface area contributed by atoms with Crippen LogP contribution in [0.2, 0.25) is 0 Å². The summed E-state index contributed by atoms with van der Waals surface area (Å²) in [6.45, 7) is 7.85. The third-order valence-electron chi connectivity index (χ3n) is 4.83. The Bertz CT molecular complexity index is 588. The van der Waals surface area contributed by atoms with E-state index in [2.05, 4.69) is 19.2 Å². The van der Waals surface area contributed by atoms with Gasteiger partial charge in [-0.2, -0.15) is 0 Å². The van der Waals surface area contributed by atoms with E-state index >= 15 is 0 Å². The van der Waals surface area contributed by atoms with E-state index in [1.165, 1.54) is 0 Å². The SMILES string of the molecule is CC(C)CC(C)(CN)NC(=O)C1CCCN(C(=O)c2ccccc2)C1. The number of hydrogen-bond acceptors (Lipinski definition) is 3. The Morgan fingerprint density at radius 1 is 1.32 bits per heavy atom. The van der Waals surface area contributed by atoms with Crippen molar-refractivity contribution in [2.75, 3.05) is 19.6 Å². The molecule has 2 unspecified atom stereocenters. The summed E-state index contributed by atoms with van der Waals surface area (Å²) in [5, 5.41) is 3.14. The lowest BCUT2D eigenvalue weighted by atomic mass is 9.89. The van der Waals surface area contributed by atoms with E-state index in [9.17, 15) is 9.59 Å².